The first-order chi connectivity index (χ1) is 19.9. The molecule has 1 saturated heterocycles. The lowest BCUT2D eigenvalue weighted by molar-refractivity contribution is 0.0828. The molecule has 2 aliphatic rings. The SMILES string of the molecule is Cc1c(Cl)ccc2[nH]c(Nc3ccc(-c4cn(C5CCC(N6CCN(C)CC6)CC5)c5ncnc(N)c45)cc3)nc12. The van der Waals surface area contributed by atoms with Gasteiger partial charge in [0.15, 0.2) is 0 Å². The highest BCUT2D eigenvalue weighted by Gasteiger charge is 2.30. The van der Waals surface area contributed by atoms with E-state index in [1.807, 2.05) is 19.1 Å². The summed E-state index contributed by atoms with van der Waals surface area (Å²) in [5.41, 5.74) is 13.3. The zero-order chi connectivity index (χ0) is 28.1. The minimum Gasteiger partial charge on any atom is -0.383 e. The van der Waals surface area contributed by atoms with E-state index in [0.717, 1.165) is 57.3 Å². The minimum absolute atomic E-state index is 0.412. The standard InChI is InChI=1S/C31H36ClN9/c1-19-25(32)11-12-26-28(19)38-31(37-26)36-21-5-3-20(4-6-21)24-17-41(30-27(24)29(33)34-18-35-30)23-9-7-22(8-10-23)40-15-13-39(2)14-16-40/h3-6,11-12,17-18,22-23H,7-10,13-16H2,1-2H3,(H2,33,34,35)(H2,36,37,38). The number of aryl methyl sites for hydroxylation is 1. The lowest BCUT2D eigenvalue weighted by Gasteiger charge is -2.41. The maximum Gasteiger partial charge on any atom is 0.205 e. The number of aromatic amines is 1. The van der Waals surface area contributed by atoms with Gasteiger partial charge in [-0.25, -0.2) is 15.0 Å². The van der Waals surface area contributed by atoms with E-state index >= 15 is 0 Å². The summed E-state index contributed by atoms with van der Waals surface area (Å²) < 4.78 is 2.36. The van der Waals surface area contributed by atoms with Gasteiger partial charge in [-0.1, -0.05) is 23.7 Å². The maximum absolute atomic E-state index is 6.45. The Balaban J connectivity index is 1.12. The van der Waals surface area contributed by atoms with Gasteiger partial charge in [0.1, 0.15) is 17.8 Å². The number of rotatable bonds is 5. The largest absolute Gasteiger partial charge is 0.383 e. The van der Waals surface area contributed by atoms with Gasteiger partial charge in [0.25, 0.3) is 0 Å². The number of imidazole rings is 1. The van der Waals surface area contributed by atoms with Gasteiger partial charge in [-0.05, 0) is 75.0 Å². The number of nitrogen functional groups attached to an aromatic ring is 1. The van der Waals surface area contributed by atoms with Crippen molar-refractivity contribution >= 4 is 51.1 Å². The van der Waals surface area contributed by atoms with Gasteiger partial charge in [-0.15, -0.1) is 0 Å². The average Bonchev–Trinajstić information content (AvgIpc) is 3.59. The van der Waals surface area contributed by atoms with Crippen molar-refractivity contribution in [2.45, 2.75) is 44.7 Å². The predicted octanol–water partition coefficient (Wildman–Crippen LogP) is 5.99. The number of aromatic nitrogens is 5. The molecule has 9 nitrogen and oxygen atoms in total. The summed E-state index contributed by atoms with van der Waals surface area (Å²) in [6, 6.07) is 13.3. The highest BCUT2D eigenvalue weighted by Crippen LogP contribution is 2.39. The van der Waals surface area contributed by atoms with Crippen LogP contribution in [-0.2, 0) is 0 Å². The number of piperazine rings is 1. The molecular formula is C31H36ClN9. The Bertz CT molecular complexity index is 1690. The van der Waals surface area contributed by atoms with Gasteiger partial charge in [0.2, 0.25) is 5.95 Å². The number of benzene rings is 2. The monoisotopic (exact) mass is 569 g/mol. The summed E-state index contributed by atoms with van der Waals surface area (Å²) in [5, 5.41) is 5.03. The van der Waals surface area contributed by atoms with Crippen molar-refractivity contribution in [2.24, 2.45) is 0 Å². The number of fused-ring (bicyclic) bond motifs is 2. The van der Waals surface area contributed by atoms with E-state index < -0.39 is 0 Å². The molecule has 0 atom stereocenters. The van der Waals surface area contributed by atoms with Gasteiger partial charge in [-0.2, -0.15) is 0 Å². The van der Waals surface area contributed by atoms with Crippen LogP contribution in [0.25, 0.3) is 33.2 Å². The lowest BCUT2D eigenvalue weighted by atomic mass is 9.89. The molecular weight excluding hydrogens is 534 g/mol. The molecule has 2 aromatic carbocycles. The maximum atomic E-state index is 6.45. The van der Waals surface area contributed by atoms with Crippen molar-refractivity contribution in [1.82, 2.24) is 34.3 Å². The fraction of sp³-hybridized carbons (Fsp3) is 0.387. The topological polar surface area (TPSA) is 104 Å². The van der Waals surface area contributed by atoms with E-state index in [1.165, 1.54) is 39.0 Å². The molecule has 212 valence electrons. The van der Waals surface area contributed by atoms with Crippen LogP contribution in [0.4, 0.5) is 17.5 Å². The molecule has 0 amide bonds. The molecule has 10 heteroatoms. The van der Waals surface area contributed by atoms with Crippen LogP contribution in [-0.4, -0.2) is 73.6 Å². The second kappa shape index (κ2) is 10.6. The van der Waals surface area contributed by atoms with Crippen LogP contribution >= 0.6 is 11.6 Å². The fourth-order valence-electron chi connectivity index (χ4n) is 6.61. The van der Waals surface area contributed by atoms with Gasteiger partial charge in [0.05, 0.1) is 16.4 Å². The van der Waals surface area contributed by atoms with Crippen LogP contribution in [0.2, 0.25) is 5.02 Å². The number of nitrogens with one attached hydrogen (secondary N) is 2. The van der Waals surface area contributed by atoms with Crippen LogP contribution < -0.4 is 11.1 Å². The third-order valence-corrected chi connectivity index (χ3v) is 9.46. The molecule has 1 saturated carbocycles. The van der Waals surface area contributed by atoms with E-state index in [9.17, 15) is 0 Å². The Labute approximate surface area is 244 Å². The molecule has 5 aromatic rings. The highest BCUT2D eigenvalue weighted by molar-refractivity contribution is 6.32. The molecule has 0 spiro atoms. The summed E-state index contributed by atoms with van der Waals surface area (Å²) >= 11 is 6.28. The van der Waals surface area contributed by atoms with Crippen LogP contribution in [0.3, 0.4) is 0 Å². The molecule has 3 aromatic heterocycles. The Morgan fingerprint density at radius 1 is 0.951 bits per heavy atom. The molecule has 4 heterocycles. The third-order valence-electron chi connectivity index (χ3n) is 9.05. The second-order valence-electron chi connectivity index (χ2n) is 11.6. The lowest BCUT2D eigenvalue weighted by Crippen LogP contribution is -2.49. The second-order valence-corrected chi connectivity index (χ2v) is 12.0. The number of halogens is 1. The number of H-pyrrole nitrogens is 1. The predicted molar refractivity (Wildman–Crippen MR) is 167 cm³/mol. The average molecular weight is 570 g/mol. The zero-order valence-corrected chi connectivity index (χ0v) is 24.3. The van der Waals surface area contributed by atoms with Crippen molar-refractivity contribution in [3.8, 4) is 11.1 Å². The first-order valence-corrected chi connectivity index (χ1v) is 14.9. The highest BCUT2D eigenvalue weighted by atomic mass is 35.5. The minimum atomic E-state index is 0.412. The molecule has 0 radical (unpaired) electrons. The Morgan fingerprint density at radius 2 is 1.68 bits per heavy atom. The number of hydrogen-bond donors (Lipinski definition) is 3. The zero-order valence-electron chi connectivity index (χ0n) is 23.6. The number of nitrogens with zero attached hydrogens (tertiary/aromatic N) is 6. The van der Waals surface area contributed by atoms with Crippen LogP contribution in [0.15, 0.2) is 48.9 Å². The first-order valence-electron chi connectivity index (χ1n) is 14.5. The summed E-state index contributed by atoms with van der Waals surface area (Å²) in [4.78, 5) is 22.2. The summed E-state index contributed by atoms with van der Waals surface area (Å²) in [6.07, 6.45) is 8.56. The Hall–Kier alpha value is -3.66. The fourth-order valence-corrected chi connectivity index (χ4v) is 6.76. The van der Waals surface area contributed by atoms with Crippen molar-refractivity contribution in [2.75, 3.05) is 44.3 Å². The van der Waals surface area contributed by atoms with Crippen molar-refractivity contribution < 1.29 is 0 Å². The van der Waals surface area contributed by atoms with Crippen molar-refractivity contribution in [3.63, 3.8) is 0 Å². The number of anilines is 3. The molecule has 7 rings (SSSR count). The van der Waals surface area contributed by atoms with Crippen LogP contribution in [0.1, 0.15) is 37.3 Å². The molecule has 41 heavy (non-hydrogen) atoms. The van der Waals surface area contributed by atoms with Gasteiger partial charge in [-0.3, -0.25) is 4.90 Å². The first kappa shape index (κ1) is 26.3. The molecule has 1 aliphatic heterocycles. The third kappa shape index (κ3) is 4.92. The van der Waals surface area contributed by atoms with Gasteiger partial charge >= 0.3 is 0 Å². The quantitative estimate of drug-likeness (QED) is 0.239. The smallest absolute Gasteiger partial charge is 0.205 e. The van der Waals surface area contributed by atoms with Gasteiger partial charge < -0.3 is 25.5 Å². The number of likely N-dealkylation sites (N-methyl/N-ethyl adjacent to an activating group) is 1. The van der Waals surface area contributed by atoms with Gasteiger partial charge in [0, 0.05) is 60.7 Å². The van der Waals surface area contributed by atoms with E-state index in [4.69, 9.17) is 27.3 Å². The summed E-state index contributed by atoms with van der Waals surface area (Å²) in [6.45, 7) is 6.68. The van der Waals surface area contributed by atoms with Crippen molar-refractivity contribution in [3.05, 3.63) is 59.5 Å². The molecule has 0 bridgehead atoms. The number of hydrogen-bond acceptors (Lipinski definition) is 7. The normalized spacial score (nSPS) is 20.7. The Morgan fingerprint density at radius 3 is 2.44 bits per heavy atom. The van der Waals surface area contributed by atoms with E-state index in [1.54, 1.807) is 6.33 Å². The van der Waals surface area contributed by atoms with E-state index in [2.05, 4.69) is 67.2 Å². The molecule has 2 fully saturated rings. The van der Waals surface area contributed by atoms with Crippen LogP contribution in [0, 0.1) is 6.92 Å². The summed E-state index contributed by atoms with van der Waals surface area (Å²) in [7, 11) is 2.22. The molecule has 1 aliphatic carbocycles. The summed E-state index contributed by atoms with van der Waals surface area (Å²) in [5.74, 6) is 1.20. The number of nitrogens with two attached hydrogens (primary N) is 1. The van der Waals surface area contributed by atoms with Crippen LogP contribution in [0.5, 0.6) is 0 Å². The Kier molecular flexibility index (Phi) is 6.81. The van der Waals surface area contributed by atoms with Crippen molar-refractivity contribution in [1.29, 1.82) is 0 Å². The molecule has 0 unspecified atom stereocenters. The van der Waals surface area contributed by atoms with E-state index in [0.29, 0.717) is 28.9 Å². The van der Waals surface area contributed by atoms with E-state index in [-0.39, 0.29) is 0 Å². The molecule has 4 N–H and O–H groups in total.